The van der Waals surface area contributed by atoms with Crippen LogP contribution in [0.15, 0.2) is 24.6 Å². The van der Waals surface area contributed by atoms with Crippen LogP contribution in [0.4, 0.5) is 0 Å². The van der Waals surface area contributed by atoms with Crippen molar-refractivity contribution in [3.05, 3.63) is 24.6 Å². The minimum absolute atomic E-state index is 0.282. The summed E-state index contributed by atoms with van der Waals surface area (Å²) in [5, 5.41) is 13.0. The molecule has 152 valence electrons. The lowest BCUT2D eigenvalue weighted by Crippen LogP contribution is -2.40. The van der Waals surface area contributed by atoms with Crippen LogP contribution in [0.25, 0.3) is 0 Å². The van der Waals surface area contributed by atoms with Crippen molar-refractivity contribution in [3.63, 3.8) is 0 Å². The zero-order valence-electron chi connectivity index (χ0n) is 17.5. The van der Waals surface area contributed by atoms with Gasteiger partial charge in [-0.2, -0.15) is 0 Å². The van der Waals surface area contributed by atoms with Crippen molar-refractivity contribution in [2.24, 2.45) is 0 Å². The quantitative estimate of drug-likeness (QED) is 0.230. The molecule has 3 heteroatoms. The van der Waals surface area contributed by atoms with E-state index in [1.54, 1.807) is 0 Å². The van der Waals surface area contributed by atoms with Crippen LogP contribution in [-0.4, -0.2) is 22.4 Å². The SMILES string of the molecule is CCCCCCCCC/C=C/CCCCCCCC1NC=CN1C(C)O. The fourth-order valence-electron chi connectivity index (χ4n) is 3.63. The van der Waals surface area contributed by atoms with Crippen LogP contribution in [0.5, 0.6) is 0 Å². The number of hydrogen-bond donors (Lipinski definition) is 2. The number of nitrogens with zero attached hydrogens (tertiary/aromatic N) is 1. The summed E-state index contributed by atoms with van der Waals surface area (Å²) in [7, 11) is 0. The molecule has 2 atom stereocenters. The molecule has 0 aliphatic carbocycles. The van der Waals surface area contributed by atoms with Gasteiger partial charge in [0.05, 0.1) is 0 Å². The fourth-order valence-corrected chi connectivity index (χ4v) is 3.63. The van der Waals surface area contributed by atoms with Crippen LogP contribution in [0.2, 0.25) is 0 Å². The molecule has 0 fully saturated rings. The van der Waals surface area contributed by atoms with Gasteiger partial charge >= 0.3 is 0 Å². The van der Waals surface area contributed by atoms with Gasteiger partial charge in [-0.3, -0.25) is 0 Å². The molecule has 3 nitrogen and oxygen atoms in total. The first kappa shape index (κ1) is 23.1. The molecular weight excluding hydrogens is 320 g/mol. The highest BCUT2D eigenvalue weighted by atomic mass is 16.3. The molecule has 1 aliphatic heterocycles. The van der Waals surface area contributed by atoms with Crippen molar-refractivity contribution in [1.82, 2.24) is 10.2 Å². The molecular formula is C23H44N2O. The van der Waals surface area contributed by atoms with Crippen LogP contribution in [0, 0.1) is 0 Å². The molecule has 0 amide bonds. The van der Waals surface area contributed by atoms with Gasteiger partial charge in [0.25, 0.3) is 0 Å². The third-order valence-corrected chi connectivity index (χ3v) is 5.32. The Morgan fingerprint density at radius 2 is 1.42 bits per heavy atom. The number of hydrogen-bond acceptors (Lipinski definition) is 3. The Morgan fingerprint density at radius 3 is 2.00 bits per heavy atom. The fraction of sp³-hybridized carbons (Fsp3) is 0.826. The summed E-state index contributed by atoms with van der Waals surface area (Å²) in [4.78, 5) is 2.00. The van der Waals surface area contributed by atoms with Crippen LogP contribution < -0.4 is 5.32 Å². The van der Waals surface area contributed by atoms with E-state index in [1.165, 1.54) is 89.9 Å². The molecule has 2 N–H and O–H groups in total. The molecule has 0 aromatic rings. The number of unbranched alkanes of at least 4 members (excludes halogenated alkanes) is 12. The summed E-state index contributed by atoms with van der Waals surface area (Å²) < 4.78 is 0. The van der Waals surface area contributed by atoms with E-state index in [-0.39, 0.29) is 6.17 Å². The van der Waals surface area contributed by atoms with Gasteiger partial charge in [-0.15, -0.1) is 0 Å². The molecule has 0 radical (unpaired) electrons. The molecule has 0 saturated carbocycles. The molecule has 1 rings (SSSR count). The number of allylic oxidation sites excluding steroid dienone is 2. The van der Waals surface area contributed by atoms with Crippen molar-refractivity contribution < 1.29 is 5.11 Å². The van der Waals surface area contributed by atoms with Crippen molar-refractivity contribution in [3.8, 4) is 0 Å². The molecule has 0 spiro atoms. The smallest absolute Gasteiger partial charge is 0.125 e. The molecule has 1 heterocycles. The van der Waals surface area contributed by atoms with Gasteiger partial charge in [0.15, 0.2) is 0 Å². The molecule has 2 unspecified atom stereocenters. The zero-order valence-corrected chi connectivity index (χ0v) is 17.5. The molecule has 0 aromatic heterocycles. The van der Waals surface area contributed by atoms with Crippen molar-refractivity contribution in [2.45, 2.75) is 123 Å². The van der Waals surface area contributed by atoms with E-state index in [0.29, 0.717) is 0 Å². The second kappa shape index (κ2) is 16.2. The van der Waals surface area contributed by atoms with Crippen molar-refractivity contribution in [2.75, 3.05) is 0 Å². The van der Waals surface area contributed by atoms with Crippen LogP contribution in [0.3, 0.4) is 0 Å². The Bertz CT molecular complexity index is 365. The number of aliphatic hydroxyl groups excluding tert-OH is 1. The lowest BCUT2D eigenvalue weighted by Gasteiger charge is -2.28. The van der Waals surface area contributed by atoms with Gasteiger partial charge in [-0.25, -0.2) is 0 Å². The number of rotatable bonds is 17. The Kier molecular flexibility index (Phi) is 14.4. The average Bonchev–Trinajstić information content (AvgIpc) is 3.10. The summed E-state index contributed by atoms with van der Waals surface area (Å²) in [5.41, 5.74) is 0. The molecule has 26 heavy (non-hydrogen) atoms. The lowest BCUT2D eigenvalue weighted by molar-refractivity contribution is 0.0254. The summed E-state index contributed by atoms with van der Waals surface area (Å²) in [6, 6.07) is 0. The van der Waals surface area contributed by atoms with E-state index in [2.05, 4.69) is 24.4 Å². The Balaban J connectivity index is 1.80. The maximum atomic E-state index is 9.69. The molecule has 1 aliphatic rings. The number of aliphatic hydroxyl groups is 1. The predicted molar refractivity (Wildman–Crippen MR) is 114 cm³/mol. The van der Waals surface area contributed by atoms with Crippen LogP contribution in [-0.2, 0) is 0 Å². The maximum Gasteiger partial charge on any atom is 0.125 e. The largest absolute Gasteiger partial charge is 0.374 e. The van der Waals surface area contributed by atoms with Crippen LogP contribution >= 0.6 is 0 Å². The van der Waals surface area contributed by atoms with E-state index in [4.69, 9.17) is 0 Å². The Labute approximate surface area is 162 Å². The van der Waals surface area contributed by atoms with Gasteiger partial charge < -0.3 is 15.3 Å². The first-order valence-electron chi connectivity index (χ1n) is 11.3. The molecule has 0 saturated heterocycles. The summed E-state index contributed by atoms with van der Waals surface area (Å²) in [6.45, 7) is 4.11. The van der Waals surface area contributed by atoms with E-state index in [1.807, 2.05) is 24.2 Å². The predicted octanol–water partition coefficient (Wildman–Crippen LogP) is 6.45. The summed E-state index contributed by atoms with van der Waals surface area (Å²) in [5.74, 6) is 0. The second-order valence-electron chi connectivity index (χ2n) is 7.80. The molecule has 0 aromatic carbocycles. The lowest BCUT2D eigenvalue weighted by atomic mass is 10.1. The summed E-state index contributed by atoms with van der Waals surface area (Å²) >= 11 is 0. The van der Waals surface area contributed by atoms with Crippen molar-refractivity contribution >= 4 is 0 Å². The third kappa shape index (κ3) is 11.6. The van der Waals surface area contributed by atoms with Gasteiger partial charge in [0.2, 0.25) is 0 Å². The average molecular weight is 365 g/mol. The minimum atomic E-state index is -0.404. The van der Waals surface area contributed by atoms with Gasteiger partial charge in [-0.1, -0.05) is 76.9 Å². The van der Waals surface area contributed by atoms with Gasteiger partial charge in [0, 0.05) is 12.4 Å². The van der Waals surface area contributed by atoms with E-state index in [9.17, 15) is 5.11 Å². The minimum Gasteiger partial charge on any atom is -0.374 e. The van der Waals surface area contributed by atoms with E-state index in [0.717, 1.165) is 6.42 Å². The van der Waals surface area contributed by atoms with E-state index >= 15 is 0 Å². The highest BCUT2D eigenvalue weighted by Gasteiger charge is 2.20. The summed E-state index contributed by atoms with van der Waals surface area (Å²) in [6.07, 6.45) is 28.6. The van der Waals surface area contributed by atoms with Crippen LogP contribution in [0.1, 0.15) is 110 Å². The second-order valence-corrected chi connectivity index (χ2v) is 7.80. The Morgan fingerprint density at radius 1 is 0.885 bits per heavy atom. The van der Waals surface area contributed by atoms with E-state index < -0.39 is 6.23 Å². The third-order valence-electron chi connectivity index (χ3n) is 5.32. The van der Waals surface area contributed by atoms with Crippen molar-refractivity contribution in [1.29, 1.82) is 0 Å². The number of nitrogens with one attached hydrogen (secondary N) is 1. The Hall–Kier alpha value is -0.960. The standard InChI is InChI=1S/C23H44N2O/c1-3-4-5-6-7-8-9-10-11-12-13-14-15-16-17-18-19-23-24-20-21-25(23)22(2)26/h11-12,20-24,26H,3-10,13-19H2,1-2H3/b12-11+. The topological polar surface area (TPSA) is 35.5 Å². The highest BCUT2D eigenvalue weighted by molar-refractivity contribution is 4.94. The zero-order chi connectivity index (χ0) is 18.9. The first-order chi connectivity index (χ1) is 12.8. The monoisotopic (exact) mass is 364 g/mol. The first-order valence-corrected chi connectivity index (χ1v) is 11.3. The maximum absolute atomic E-state index is 9.69. The normalized spacial score (nSPS) is 18.0. The van der Waals surface area contributed by atoms with Gasteiger partial charge in [0.1, 0.15) is 12.4 Å². The highest BCUT2D eigenvalue weighted by Crippen LogP contribution is 2.16. The van der Waals surface area contributed by atoms with Gasteiger partial charge in [-0.05, 0) is 45.4 Å². The molecule has 0 bridgehead atoms.